The Kier molecular flexibility index (Phi) is 7.65. The summed E-state index contributed by atoms with van der Waals surface area (Å²) in [5.74, 6) is 0.791. The Morgan fingerprint density at radius 3 is 2.19 bits per heavy atom. The molecule has 0 unspecified atom stereocenters. The van der Waals surface area contributed by atoms with Gasteiger partial charge in [-0.15, -0.1) is 0 Å². The molecule has 1 aliphatic rings. The van der Waals surface area contributed by atoms with Crippen LogP contribution in [0.2, 0.25) is 0 Å². The number of rotatable bonds is 10. The maximum atomic E-state index is 12.2. The zero-order chi connectivity index (χ0) is 22.2. The summed E-state index contributed by atoms with van der Waals surface area (Å²) >= 11 is 0. The van der Waals surface area contributed by atoms with Crippen molar-refractivity contribution in [3.8, 4) is 5.75 Å². The Labute approximate surface area is 182 Å². The molecule has 2 aromatic carbocycles. The zero-order valence-electron chi connectivity index (χ0n) is 17.9. The predicted octanol–water partition coefficient (Wildman–Crippen LogP) is 3.08. The van der Waals surface area contributed by atoms with Gasteiger partial charge in [-0.25, -0.2) is 0 Å². The van der Waals surface area contributed by atoms with E-state index in [1.54, 1.807) is 24.3 Å². The first-order valence-electron chi connectivity index (χ1n) is 10.6. The van der Waals surface area contributed by atoms with Gasteiger partial charge in [-0.2, -0.15) is 0 Å². The van der Waals surface area contributed by atoms with Crippen LogP contribution < -0.4 is 20.7 Å². The van der Waals surface area contributed by atoms with Crippen LogP contribution in [0.5, 0.6) is 5.75 Å². The van der Waals surface area contributed by atoms with Gasteiger partial charge in [0, 0.05) is 30.3 Å². The number of nitrogens with one attached hydrogen (secondary N) is 3. The van der Waals surface area contributed by atoms with E-state index in [0.717, 1.165) is 12.8 Å². The molecule has 7 nitrogen and oxygen atoms in total. The molecule has 3 amide bonds. The largest absolute Gasteiger partial charge is 0.484 e. The van der Waals surface area contributed by atoms with Crippen molar-refractivity contribution in [1.29, 1.82) is 0 Å². The van der Waals surface area contributed by atoms with Crippen LogP contribution in [0.1, 0.15) is 48.5 Å². The number of ether oxygens (including phenoxy) is 1. The van der Waals surface area contributed by atoms with Crippen molar-refractivity contribution in [3.05, 3.63) is 59.7 Å². The van der Waals surface area contributed by atoms with Gasteiger partial charge in [0.05, 0.1) is 0 Å². The Morgan fingerprint density at radius 2 is 1.58 bits per heavy atom. The van der Waals surface area contributed by atoms with E-state index >= 15 is 0 Å². The first kappa shape index (κ1) is 22.3. The first-order chi connectivity index (χ1) is 14.9. The lowest BCUT2D eigenvalue weighted by molar-refractivity contribution is -0.122. The van der Waals surface area contributed by atoms with Gasteiger partial charge in [0.15, 0.2) is 6.61 Å². The third kappa shape index (κ3) is 7.13. The smallest absolute Gasteiger partial charge is 0.262 e. The maximum absolute atomic E-state index is 12.2. The molecule has 0 radical (unpaired) electrons. The van der Waals surface area contributed by atoms with Gasteiger partial charge in [0.2, 0.25) is 5.91 Å². The van der Waals surface area contributed by atoms with Crippen molar-refractivity contribution >= 4 is 23.4 Å². The molecule has 164 valence electrons. The molecule has 0 aromatic heterocycles. The lowest BCUT2D eigenvalue weighted by Gasteiger charge is -2.10. The molecule has 0 aliphatic heterocycles. The Balaban J connectivity index is 1.38. The summed E-state index contributed by atoms with van der Waals surface area (Å²) < 4.78 is 5.52. The number of hydrogen-bond donors (Lipinski definition) is 3. The van der Waals surface area contributed by atoms with E-state index in [-0.39, 0.29) is 30.2 Å². The highest BCUT2D eigenvalue weighted by atomic mass is 16.5. The second-order valence-corrected chi connectivity index (χ2v) is 7.96. The SMILES string of the molecule is CC(C)c1ccc(OCC(=O)Nc2ccc(C(=O)NCCNC(=O)C3CC3)cc2)cc1. The molecular formula is C24H29N3O4. The fraction of sp³-hybridized carbons (Fsp3) is 0.375. The van der Waals surface area contributed by atoms with Crippen LogP contribution >= 0.6 is 0 Å². The quantitative estimate of drug-likeness (QED) is 0.512. The van der Waals surface area contributed by atoms with Crippen molar-refractivity contribution in [3.63, 3.8) is 0 Å². The number of amides is 3. The molecule has 0 saturated heterocycles. The van der Waals surface area contributed by atoms with E-state index in [1.807, 2.05) is 24.3 Å². The van der Waals surface area contributed by atoms with Crippen LogP contribution in [-0.2, 0) is 9.59 Å². The third-order valence-electron chi connectivity index (χ3n) is 5.01. The van der Waals surface area contributed by atoms with Crippen LogP contribution in [-0.4, -0.2) is 37.4 Å². The van der Waals surface area contributed by atoms with Gasteiger partial charge in [0.25, 0.3) is 11.8 Å². The minimum Gasteiger partial charge on any atom is -0.484 e. The number of anilines is 1. The molecule has 31 heavy (non-hydrogen) atoms. The molecule has 1 fully saturated rings. The number of benzene rings is 2. The summed E-state index contributed by atoms with van der Waals surface area (Å²) in [6.45, 7) is 4.91. The van der Waals surface area contributed by atoms with E-state index in [4.69, 9.17) is 4.74 Å². The highest BCUT2D eigenvalue weighted by Gasteiger charge is 2.28. The molecule has 3 N–H and O–H groups in total. The Hall–Kier alpha value is -3.35. The van der Waals surface area contributed by atoms with Gasteiger partial charge in [0.1, 0.15) is 5.75 Å². The van der Waals surface area contributed by atoms with Crippen molar-refractivity contribution in [2.45, 2.75) is 32.6 Å². The maximum Gasteiger partial charge on any atom is 0.262 e. The number of carbonyl (C=O) groups excluding carboxylic acids is 3. The highest BCUT2D eigenvalue weighted by molar-refractivity contribution is 5.96. The van der Waals surface area contributed by atoms with Gasteiger partial charge >= 0.3 is 0 Å². The molecule has 2 aromatic rings. The predicted molar refractivity (Wildman–Crippen MR) is 119 cm³/mol. The molecule has 3 rings (SSSR count). The van der Waals surface area contributed by atoms with Crippen LogP contribution in [0, 0.1) is 5.92 Å². The average Bonchev–Trinajstić information content (AvgIpc) is 3.61. The van der Waals surface area contributed by atoms with Gasteiger partial charge < -0.3 is 20.7 Å². The summed E-state index contributed by atoms with van der Waals surface area (Å²) in [6.07, 6.45) is 1.91. The van der Waals surface area contributed by atoms with Crippen LogP contribution in [0.25, 0.3) is 0 Å². The summed E-state index contributed by atoms with van der Waals surface area (Å²) in [4.78, 5) is 35.8. The topological polar surface area (TPSA) is 96.5 Å². The van der Waals surface area contributed by atoms with Crippen molar-refractivity contribution in [2.75, 3.05) is 25.0 Å². The van der Waals surface area contributed by atoms with Gasteiger partial charge in [-0.3, -0.25) is 14.4 Å². The molecule has 0 bridgehead atoms. The minimum atomic E-state index is -0.281. The molecule has 0 atom stereocenters. The molecule has 0 spiro atoms. The third-order valence-corrected chi connectivity index (χ3v) is 5.01. The van der Waals surface area contributed by atoms with Crippen molar-refractivity contribution < 1.29 is 19.1 Å². The molecular weight excluding hydrogens is 394 g/mol. The fourth-order valence-electron chi connectivity index (χ4n) is 2.95. The van der Waals surface area contributed by atoms with E-state index in [2.05, 4.69) is 29.8 Å². The second-order valence-electron chi connectivity index (χ2n) is 7.96. The highest BCUT2D eigenvalue weighted by Crippen LogP contribution is 2.28. The monoisotopic (exact) mass is 423 g/mol. The van der Waals surface area contributed by atoms with E-state index in [0.29, 0.717) is 36.0 Å². The van der Waals surface area contributed by atoms with Gasteiger partial charge in [-0.05, 0) is 60.7 Å². The lowest BCUT2D eigenvalue weighted by atomic mass is 10.0. The number of carbonyl (C=O) groups is 3. The first-order valence-corrected chi connectivity index (χ1v) is 10.6. The number of hydrogen-bond acceptors (Lipinski definition) is 4. The van der Waals surface area contributed by atoms with Crippen LogP contribution in [0.3, 0.4) is 0 Å². The Bertz CT molecular complexity index is 903. The summed E-state index contributed by atoms with van der Waals surface area (Å²) in [6, 6.07) is 14.3. The molecule has 0 heterocycles. The zero-order valence-corrected chi connectivity index (χ0v) is 17.9. The summed E-state index contributed by atoms with van der Waals surface area (Å²) in [5.41, 5.74) is 2.27. The normalized spacial score (nSPS) is 12.9. The fourth-order valence-corrected chi connectivity index (χ4v) is 2.95. The van der Waals surface area contributed by atoms with Crippen molar-refractivity contribution in [1.82, 2.24) is 10.6 Å². The standard InChI is InChI=1S/C24H29N3O4/c1-16(2)17-7-11-21(12-8-17)31-15-22(28)27-20-9-5-19(6-10-20)24(30)26-14-13-25-23(29)18-3-4-18/h5-12,16,18H,3-4,13-15H2,1-2H3,(H,25,29)(H,26,30)(H,27,28). The molecule has 1 aliphatic carbocycles. The lowest BCUT2D eigenvalue weighted by Crippen LogP contribution is -2.35. The van der Waals surface area contributed by atoms with Crippen molar-refractivity contribution in [2.24, 2.45) is 5.92 Å². The van der Waals surface area contributed by atoms with E-state index in [1.165, 1.54) is 5.56 Å². The molecule has 7 heteroatoms. The van der Waals surface area contributed by atoms with E-state index in [9.17, 15) is 14.4 Å². The van der Waals surface area contributed by atoms with Crippen LogP contribution in [0.15, 0.2) is 48.5 Å². The average molecular weight is 424 g/mol. The van der Waals surface area contributed by atoms with Gasteiger partial charge in [-0.1, -0.05) is 26.0 Å². The summed E-state index contributed by atoms with van der Waals surface area (Å²) in [5, 5.41) is 8.31. The second kappa shape index (κ2) is 10.6. The van der Waals surface area contributed by atoms with Crippen LogP contribution in [0.4, 0.5) is 5.69 Å². The Morgan fingerprint density at radius 1 is 0.935 bits per heavy atom. The molecule has 1 saturated carbocycles. The summed E-state index contributed by atoms with van der Waals surface area (Å²) in [7, 11) is 0. The van der Waals surface area contributed by atoms with E-state index < -0.39 is 0 Å². The minimum absolute atomic E-state index is 0.0610.